The fourth-order valence-corrected chi connectivity index (χ4v) is 3.74. The first kappa shape index (κ1) is 19.6. The molecule has 0 bridgehead atoms. The highest BCUT2D eigenvalue weighted by atomic mass is 16.7. The normalized spacial score (nSPS) is 15.2. The number of nitrogens with one attached hydrogen (secondary N) is 1. The van der Waals surface area contributed by atoms with Crippen LogP contribution in [-0.4, -0.2) is 23.5 Å². The molecule has 1 aromatic heterocycles. The number of aryl methyl sites for hydroxylation is 1. The fourth-order valence-electron chi connectivity index (χ4n) is 3.74. The molecule has 1 aliphatic carbocycles. The molecule has 5 heteroatoms. The zero-order valence-corrected chi connectivity index (χ0v) is 16.4. The van der Waals surface area contributed by atoms with Crippen LogP contribution in [0.5, 0.6) is 0 Å². The van der Waals surface area contributed by atoms with Gasteiger partial charge in [-0.25, -0.2) is 5.48 Å². The number of nitrogens with zero attached hydrogens (tertiary/aromatic N) is 1. The van der Waals surface area contributed by atoms with Crippen molar-refractivity contribution in [3.63, 3.8) is 0 Å². The van der Waals surface area contributed by atoms with Gasteiger partial charge in [-0.2, -0.15) is 0 Å². The predicted molar refractivity (Wildman–Crippen MR) is 105 cm³/mol. The van der Waals surface area contributed by atoms with Gasteiger partial charge in [0.15, 0.2) is 5.76 Å². The summed E-state index contributed by atoms with van der Waals surface area (Å²) in [5, 5.41) is 0. The van der Waals surface area contributed by atoms with Gasteiger partial charge in [0, 0.05) is 12.6 Å². The Morgan fingerprint density at radius 2 is 1.93 bits per heavy atom. The molecule has 3 rings (SSSR count). The van der Waals surface area contributed by atoms with Gasteiger partial charge in [0.05, 0.1) is 13.2 Å². The topological polar surface area (TPSA) is 54.7 Å². The number of carbonyl (C=O) groups excluding carboxylic acids is 1. The standard InChI is InChI=1S/C22H30N2O3/c1-3-26-23-22(25)21-14-13-20(27-21)16-24(19-11-5-4-6-12-19)15-18-10-8-7-9-17(18)2/h7-10,13-14,19H,3-6,11-12,15-16H2,1-2H3,(H,23,25). The van der Waals surface area contributed by atoms with Crippen LogP contribution in [0.25, 0.3) is 0 Å². The third-order valence-corrected chi connectivity index (χ3v) is 5.28. The van der Waals surface area contributed by atoms with E-state index in [4.69, 9.17) is 9.25 Å². The second-order valence-corrected chi connectivity index (χ2v) is 7.25. The smallest absolute Gasteiger partial charge is 0.310 e. The third kappa shape index (κ3) is 5.44. The molecule has 0 saturated heterocycles. The predicted octanol–water partition coefficient (Wildman–Crippen LogP) is 4.60. The van der Waals surface area contributed by atoms with Crippen molar-refractivity contribution in [1.29, 1.82) is 0 Å². The Balaban J connectivity index is 1.72. The SMILES string of the molecule is CCONC(=O)c1ccc(CN(Cc2ccccc2C)C2CCCCC2)o1. The first-order chi connectivity index (χ1) is 13.2. The van der Waals surface area contributed by atoms with Crippen LogP contribution in [-0.2, 0) is 17.9 Å². The molecule has 1 aliphatic rings. The van der Waals surface area contributed by atoms with Crippen LogP contribution in [0, 0.1) is 6.92 Å². The quantitative estimate of drug-likeness (QED) is 0.690. The lowest BCUT2D eigenvalue weighted by Gasteiger charge is -2.34. The molecule has 27 heavy (non-hydrogen) atoms. The maximum atomic E-state index is 12.0. The molecule has 1 aromatic carbocycles. The van der Waals surface area contributed by atoms with Crippen molar-refractivity contribution < 1.29 is 14.0 Å². The second kappa shape index (κ2) is 9.72. The molecule has 0 spiro atoms. The van der Waals surface area contributed by atoms with Crippen LogP contribution in [0.1, 0.15) is 66.5 Å². The van der Waals surface area contributed by atoms with Crippen molar-refractivity contribution in [2.24, 2.45) is 0 Å². The molecule has 0 atom stereocenters. The van der Waals surface area contributed by atoms with Gasteiger partial charge in [0.1, 0.15) is 5.76 Å². The van der Waals surface area contributed by atoms with E-state index in [0.29, 0.717) is 19.2 Å². The Kier molecular flexibility index (Phi) is 7.07. The molecule has 1 amide bonds. The first-order valence-corrected chi connectivity index (χ1v) is 9.96. The van der Waals surface area contributed by atoms with E-state index in [9.17, 15) is 4.79 Å². The van der Waals surface area contributed by atoms with E-state index in [2.05, 4.69) is 41.6 Å². The largest absolute Gasteiger partial charge is 0.454 e. The average molecular weight is 370 g/mol. The number of rotatable bonds is 8. The molecule has 1 heterocycles. The average Bonchev–Trinajstić information content (AvgIpc) is 3.16. The minimum Gasteiger partial charge on any atom is -0.454 e. The monoisotopic (exact) mass is 370 g/mol. The lowest BCUT2D eigenvalue weighted by atomic mass is 9.93. The van der Waals surface area contributed by atoms with Gasteiger partial charge < -0.3 is 4.42 Å². The number of amides is 1. The van der Waals surface area contributed by atoms with Crippen molar-refractivity contribution in [1.82, 2.24) is 10.4 Å². The van der Waals surface area contributed by atoms with Gasteiger partial charge in [-0.3, -0.25) is 14.5 Å². The van der Waals surface area contributed by atoms with Crippen molar-refractivity contribution in [2.45, 2.75) is 65.1 Å². The highest BCUT2D eigenvalue weighted by molar-refractivity contribution is 5.90. The van der Waals surface area contributed by atoms with E-state index >= 15 is 0 Å². The third-order valence-electron chi connectivity index (χ3n) is 5.28. The van der Waals surface area contributed by atoms with E-state index in [1.807, 2.05) is 13.0 Å². The molecule has 1 N–H and O–H groups in total. The molecule has 1 fully saturated rings. The highest BCUT2D eigenvalue weighted by Crippen LogP contribution is 2.26. The number of hydrogen-bond donors (Lipinski definition) is 1. The molecule has 1 saturated carbocycles. The molecule has 146 valence electrons. The molecule has 5 nitrogen and oxygen atoms in total. The number of hydroxylamine groups is 1. The molecule has 2 aromatic rings. The highest BCUT2D eigenvalue weighted by Gasteiger charge is 2.23. The number of carbonyl (C=O) groups is 1. The Labute approximate surface area is 161 Å². The van der Waals surface area contributed by atoms with Crippen LogP contribution in [0.2, 0.25) is 0 Å². The summed E-state index contributed by atoms with van der Waals surface area (Å²) in [6.07, 6.45) is 6.36. The number of hydrogen-bond acceptors (Lipinski definition) is 4. The van der Waals surface area contributed by atoms with Gasteiger partial charge in [-0.05, 0) is 49.9 Å². The lowest BCUT2D eigenvalue weighted by molar-refractivity contribution is 0.0337. The van der Waals surface area contributed by atoms with Crippen LogP contribution in [0.3, 0.4) is 0 Å². The maximum absolute atomic E-state index is 12.0. The molecular formula is C22H30N2O3. The van der Waals surface area contributed by atoms with E-state index < -0.39 is 0 Å². The van der Waals surface area contributed by atoms with Crippen molar-refractivity contribution in [3.8, 4) is 0 Å². The summed E-state index contributed by atoms with van der Waals surface area (Å²) in [6.45, 7) is 6.02. The zero-order chi connectivity index (χ0) is 19.1. The molecular weight excluding hydrogens is 340 g/mol. The van der Waals surface area contributed by atoms with Gasteiger partial charge in [0.2, 0.25) is 0 Å². The summed E-state index contributed by atoms with van der Waals surface area (Å²) in [4.78, 5) is 19.5. The van der Waals surface area contributed by atoms with Gasteiger partial charge >= 0.3 is 5.91 Å². The lowest BCUT2D eigenvalue weighted by Crippen LogP contribution is -2.36. The zero-order valence-electron chi connectivity index (χ0n) is 16.4. The van der Waals surface area contributed by atoms with E-state index in [1.54, 1.807) is 6.07 Å². The van der Waals surface area contributed by atoms with E-state index in [-0.39, 0.29) is 11.7 Å². The number of furan rings is 1. The molecule has 0 unspecified atom stereocenters. The van der Waals surface area contributed by atoms with Crippen LogP contribution >= 0.6 is 0 Å². The van der Waals surface area contributed by atoms with Crippen LogP contribution in [0.4, 0.5) is 0 Å². The summed E-state index contributed by atoms with van der Waals surface area (Å²) in [6, 6.07) is 12.7. The second-order valence-electron chi connectivity index (χ2n) is 7.25. The van der Waals surface area contributed by atoms with Gasteiger partial charge in [0.25, 0.3) is 0 Å². The maximum Gasteiger partial charge on any atom is 0.310 e. The Bertz CT molecular complexity index is 735. The van der Waals surface area contributed by atoms with Crippen LogP contribution < -0.4 is 5.48 Å². The summed E-state index contributed by atoms with van der Waals surface area (Å²) >= 11 is 0. The molecule has 0 aliphatic heterocycles. The van der Waals surface area contributed by atoms with E-state index in [0.717, 1.165) is 12.3 Å². The van der Waals surface area contributed by atoms with Crippen molar-refractivity contribution >= 4 is 5.91 Å². The van der Waals surface area contributed by atoms with Gasteiger partial charge in [-0.15, -0.1) is 0 Å². The number of benzene rings is 1. The minimum absolute atomic E-state index is 0.290. The van der Waals surface area contributed by atoms with Crippen LogP contribution in [0.15, 0.2) is 40.8 Å². The minimum atomic E-state index is -0.341. The molecule has 0 radical (unpaired) electrons. The Morgan fingerprint density at radius 3 is 2.67 bits per heavy atom. The van der Waals surface area contributed by atoms with Crippen molar-refractivity contribution in [2.75, 3.05) is 6.61 Å². The summed E-state index contributed by atoms with van der Waals surface area (Å²) in [5.74, 6) is 0.764. The van der Waals surface area contributed by atoms with Gasteiger partial charge in [-0.1, -0.05) is 43.5 Å². The Hall–Kier alpha value is -2.11. The summed E-state index contributed by atoms with van der Waals surface area (Å²) in [5.41, 5.74) is 5.04. The first-order valence-electron chi connectivity index (χ1n) is 9.96. The fraction of sp³-hybridized carbons (Fsp3) is 0.500. The summed E-state index contributed by atoms with van der Waals surface area (Å²) < 4.78 is 5.80. The van der Waals surface area contributed by atoms with Crippen molar-refractivity contribution in [3.05, 3.63) is 59.0 Å². The Morgan fingerprint density at radius 1 is 1.15 bits per heavy atom. The summed E-state index contributed by atoms with van der Waals surface area (Å²) in [7, 11) is 0. The van der Waals surface area contributed by atoms with E-state index in [1.165, 1.54) is 43.2 Å².